The maximum absolute atomic E-state index is 12.3. The van der Waals surface area contributed by atoms with Crippen LogP contribution in [0.2, 0.25) is 0 Å². The fraction of sp³-hybridized carbons (Fsp3) is 0.286. The highest BCUT2D eigenvalue weighted by Gasteiger charge is 2.15. The monoisotopic (exact) mass is 477 g/mol. The second kappa shape index (κ2) is 9.84. The fourth-order valence-electron chi connectivity index (χ4n) is 2.43. The molecule has 0 unspecified atom stereocenters. The van der Waals surface area contributed by atoms with Crippen LogP contribution in [-0.4, -0.2) is 23.5 Å². The molecule has 6 nitrogen and oxygen atoms in total. The molecule has 154 valence electrons. The van der Waals surface area contributed by atoms with Crippen LogP contribution in [0.5, 0.6) is 5.75 Å². The number of nitrogens with one attached hydrogen (secondary N) is 3. The molecule has 3 N–H and O–H groups in total. The van der Waals surface area contributed by atoms with E-state index in [1.165, 1.54) is 0 Å². The third kappa shape index (κ3) is 6.54. The quantitative estimate of drug-likeness (QED) is 0.456. The van der Waals surface area contributed by atoms with E-state index in [9.17, 15) is 9.59 Å². The number of hydrazine groups is 1. The van der Waals surface area contributed by atoms with Gasteiger partial charge in [0.2, 0.25) is 0 Å². The summed E-state index contributed by atoms with van der Waals surface area (Å²) in [6.45, 7) is 8.72. The normalized spacial score (nSPS) is 10.8. The van der Waals surface area contributed by atoms with E-state index in [2.05, 4.69) is 52.9 Å². The number of amides is 2. The summed E-state index contributed by atoms with van der Waals surface area (Å²) in [6.07, 6.45) is 0. The van der Waals surface area contributed by atoms with Crippen LogP contribution in [-0.2, 0) is 5.41 Å². The molecular weight excluding hydrogens is 454 g/mol. The number of thiocarbonyl (C=S) groups is 1. The highest BCUT2D eigenvalue weighted by atomic mass is 79.9. The van der Waals surface area contributed by atoms with E-state index in [1.807, 2.05) is 19.1 Å². The molecular formula is C21H24BrN3O3S. The van der Waals surface area contributed by atoms with E-state index < -0.39 is 5.91 Å². The lowest BCUT2D eigenvalue weighted by molar-refractivity contribution is 0.0934. The third-order valence-corrected chi connectivity index (χ3v) is 4.85. The Bertz CT molecular complexity index is 908. The minimum absolute atomic E-state index is 0.00889. The van der Waals surface area contributed by atoms with E-state index in [4.69, 9.17) is 17.0 Å². The largest absolute Gasteiger partial charge is 0.493 e. The number of hydrogen-bond donors (Lipinski definition) is 3. The lowest BCUT2D eigenvalue weighted by Crippen LogP contribution is -2.48. The van der Waals surface area contributed by atoms with Gasteiger partial charge < -0.3 is 4.74 Å². The highest BCUT2D eigenvalue weighted by Crippen LogP contribution is 2.26. The predicted molar refractivity (Wildman–Crippen MR) is 121 cm³/mol. The molecule has 2 aromatic carbocycles. The highest BCUT2D eigenvalue weighted by molar-refractivity contribution is 9.10. The van der Waals surface area contributed by atoms with Crippen LogP contribution in [0.1, 0.15) is 54.0 Å². The first-order valence-electron chi connectivity index (χ1n) is 9.06. The van der Waals surface area contributed by atoms with Crippen molar-refractivity contribution < 1.29 is 14.3 Å². The van der Waals surface area contributed by atoms with E-state index in [-0.39, 0.29) is 16.4 Å². The summed E-state index contributed by atoms with van der Waals surface area (Å²) in [5.41, 5.74) is 7.03. The molecule has 8 heteroatoms. The zero-order valence-electron chi connectivity index (χ0n) is 16.8. The van der Waals surface area contributed by atoms with Crippen LogP contribution in [0.15, 0.2) is 46.9 Å². The molecule has 0 saturated carbocycles. The van der Waals surface area contributed by atoms with Crippen LogP contribution in [0.4, 0.5) is 0 Å². The Balaban J connectivity index is 1.90. The van der Waals surface area contributed by atoms with Gasteiger partial charge in [0, 0.05) is 11.1 Å². The number of carbonyl (C=O) groups excluding carboxylic acids is 2. The Kier molecular flexibility index (Phi) is 7.75. The molecule has 29 heavy (non-hydrogen) atoms. The Labute approximate surface area is 184 Å². The van der Waals surface area contributed by atoms with Gasteiger partial charge in [0.25, 0.3) is 11.8 Å². The molecule has 0 aliphatic heterocycles. The third-order valence-electron chi connectivity index (χ3n) is 4.02. The Hall–Kier alpha value is -2.45. The van der Waals surface area contributed by atoms with Crippen molar-refractivity contribution in [3.8, 4) is 5.75 Å². The van der Waals surface area contributed by atoms with Gasteiger partial charge in [-0.2, -0.15) is 0 Å². The van der Waals surface area contributed by atoms with Gasteiger partial charge in [0.1, 0.15) is 5.75 Å². The second-order valence-electron chi connectivity index (χ2n) is 7.27. The smallest absolute Gasteiger partial charge is 0.269 e. The first kappa shape index (κ1) is 22.8. The molecule has 0 saturated heterocycles. The summed E-state index contributed by atoms with van der Waals surface area (Å²) in [6, 6.07) is 12.3. The molecule has 0 radical (unpaired) electrons. The van der Waals surface area contributed by atoms with Gasteiger partial charge in [0.15, 0.2) is 5.11 Å². The van der Waals surface area contributed by atoms with Crippen LogP contribution >= 0.6 is 28.1 Å². The van der Waals surface area contributed by atoms with Crippen molar-refractivity contribution in [3.05, 3.63) is 63.6 Å². The summed E-state index contributed by atoms with van der Waals surface area (Å²) in [4.78, 5) is 24.6. The van der Waals surface area contributed by atoms with Gasteiger partial charge in [-0.25, -0.2) is 0 Å². The Morgan fingerprint density at radius 3 is 2.17 bits per heavy atom. The van der Waals surface area contributed by atoms with Gasteiger partial charge in [-0.05, 0) is 76.4 Å². The summed E-state index contributed by atoms with van der Waals surface area (Å²) in [5, 5.41) is 2.50. The van der Waals surface area contributed by atoms with Crippen molar-refractivity contribution in [2.24, 2.45) is 0 Å². The molecule has 2 aromatic rings. The molecule has 0 aliphatic rings. The topological polar surface area (TPSA) is 79.5 Å². The maximum atomic E-state index is 12.3. The summed E-state index contributed by atoms with van der Waals surface area (Å²) < 4.78 is 6.09. The Morgan fingerprint density at radius 1 is 1.00 bits per heavy atom. The molecule has 0 aromatic heterocycles. The van der Waals surface area contributed by atoms with Crippen LogP contribution in [0.3, 0.4) is 0 Å². The van der Waals surface area contributed by atoms with E-state index in [1.54, 1.807) is 30.3 Å². The van der Waals surface area contributed by atoms with E-state index in [0.29, 0.717) is 28.0 Å². The van der Waals surface area contributed by atoms with Crippen LogP contribution in [0.25, 0.3) is 0 Å². The number of halogens is 1. The van der Waals surface area contributed by atoms with Gasteiger partial charge in [-0.15, -0.1) is 0 Å². The molecule has 2 rings (SSSR count). The molecule has 0 atom stereocenters. The summed E-state index contributed by atoms with van der Waals surface area (Å²) in [5.74, 6) is -0.115. The minimum atomic E-state index is -0.407. The number of rotatable bonds is 4. The first-order chi connectivity index (χ1) is 13.6. The van der Waals surface area contributed by atoms with Crippen LogP contribution in [0, 0.1) is 0 Å². The van der Waals surface area contributed by atoms with Crippen molar-refractivity contribution in [3.63, 3.8) is 0 Å². The van der Waals surface area contributed by atoms with Gasteiger partial charge in [-0.3, -0.25) is 25.8 Å². The van der Waals surface area contributed by atoms with Crippen molar-refractivity contribution in [1.82, 2.24) is 16.2 Å². The molecule has 2 amide bonds. The van der Waals surface area contributed by atoms with Gasteiger partial charge >= 0.3 is 0 Å². The number of ether oxygens (including phenoxy) is 1. The maximum Gasteiger partial charge on any atom is 0.269 e. The first-order valence-corrected chi connectivity index (χ1v) is 10.3. The van der Waals surface area contributed by atoms with Crippen molar-refractivity contribution >= 4 is 45.1 Å². The predicted octanol–water partition coefficient (Wildman–Crippen LogP) is 4.09. The average Bonchev–Trinajstić information content (AvgIpc) is 2.67. The van der Waals surface area contributed by atoms with E-state index >= 15 is 0 Å². The zero-order valence-corrected chi connectivity index (χ0v) is 19.2. The van der Waals surface area contributed by atoms with Gasteiger partial charge in [0.05, 0.1) is 11.1 Å². The summed E-state index contributed by atoms with van der Waals surface area (Å²) >= 11 is 8.44. The van der Waals surface area contributed by atoms with Crippen LogP contribution < -0.4 is 20.9 Å². The average molecular weight is 478 g/mol. The molecule has 0 spiro atoms. The van der Waals surface area contributed by atoms with Crippen molar-refractivity contribution in [2.45, 2.75) is 33.1 Å². The van der Waals surface area contributed by atoms with Crippen molar-refractivity contribution in [1.29, 1.82) is 0 Å². The number of benzene rings is 2. The molecule has 0 aliphatic carbocycles. The molecule has 0 heterocycles. The second-order valence-corrected chi connectivity index (χ2v) is 8.53. The lowest BCUT2D eigenvalue weighted by atomic mass is 9.87. The number of carbonyl (C=O) groups is 2. The SMILES string of the molecule is CCOc1ccc(C(=O)NC(=S)NNC(=O)c2ccc(C(C)(C)C)cc2)cc1Br. The lowest BCUT2D eigenvalue weighted by Gasteiger charge is -2.19. The molecule has 0 fully saturated rings. The van der Waals surface area contributed by atoms with Crippen molar-refractivity contribution in [2.75, 3.05) is 6.61 Å². The number of hydrogen-bond acceptors (Lipinski definition) is 4. The molecule has 0 bridgehead atoms. The zero-order chi connectivity index (χ0) is 21.6. The standard InChI is InChI=1S/C21H24BrN3O3S/c1-5-28-17-11-8-14(12-16(17)22)18(26)23-20(29)25-24-19(27)13-6-9-15(10-7-13)21(2,3)4/h6-12H,5H2,1-4H3,(H,24,27)(H2,23,25,26,29). The summed E-state index contributed by atoms with van der Waals surface area (Å²) in [7, 11) is 0. The minimum Gasteiger partial charge on any atom is -0.493 e. The fourth-order valence-corrected chi connectivity index (χ4v) is 3.07. The van der Waals surface area contributed by atoms with E-state index in [0.717, 1.165) is 5.56 Å². The van der Waals surface area contributed by atoms with Gasteiger partial charge in [-0.1, -0.05) is 32.9 Å². The Morgan fingerprint density at radius 2 is 1.62 bits per heavy atom.